The fourth-order valence-electron chi connectivity index (χ4n) is 1.62. The standard InChI is InChI=1S/C14H12Cl2N2OS/c1-2-20-12-4-3-10(15)8-11(12)18-14(19)9-5-6-17-13(16)7-9/h3-8H,2H2,1H3,(H,18,19). The third-order valence-electron chi connectivity index (χ3n) is 2.48. The molecule has 1 N–H and O–H groups in total. The number of pyridine rings is 1. The minimum Gasteiger partial charge on any atom is -0.321 e. The number of halogens is 2. The minimum atomic E-state index is -0.241. The second-order valence-electron chi connectivity index (χ2n) is 3.89. The van der Waals surface area contributed by atoms with Crippen molar-refractivity contribution in [1.29, 1.82) is 0 Å². The van der Waals surface area contributed by atoms with Crippen molar-refractivity contribution in [2.45, 2.75) is 11.8 Å². The number of carbonyl (C=O) groups excluding carboxylic acids is 1. The van der Waals surface area contributed by atoms with Crippen LogP contribution in [0.2, 0.25) is 10.2 Å². The zero-order valence-electron chi connectivity index (χ0n) is 10.7. The number of thioether (sulfide) groups is 1. The molecular weight excluding hydrogens is 315 g/mol. The zero-order valence-corrected chi connectivity index (χ0v) is 13.0. The molecular formula is C14H12Cl2N2OS. The molecule has 1 amide bonds. The molecule has 20 heavy (non-hydrogen) atoms. The molecule has 0 aliphatic carbocycles. The van der Waals surface area contributed by atoms with Crippen LogP contribution in [0.4, 0.5) is 5.69 Å². The number of amides is 1. The molecule has 0 aliphatic rings. The Bertz CT molecular complexity index is 634. The van der Waals surface area contributed by atoms with Crippen LogP contribution in [-0.4, -0.2) is 16.6 Å². The molecule has 3 nitrogen and oxygen atoms in total. The van der Waals surface area contributed by atoms with Gasteiger partial charge in [0.05, 0.1) is 5.69 Å². The largest absolute Gasteiger partial charge is 0.321 e. The molecule has 0 atom stereocenters. The SMILES string of the molecule is CCSc1ccc(Cl)cc1NC(=O)c1ccnc(Cl)c1. The normalized spacial score (nSPS) is 10.3. The Morgan fingerprint density at radius 2 is 2.10 bits per heavy atom. The van der Waals surface area contributed by atoms with Crippen LogP contribution in [0.25, 0.3) is 0 Å². The lowest BCUT2D eigenvalue weighted by molar-refractivity contribution is 0.102. The molecule has 0 fully saturated rings. The van der Waals surface area contributed by atoms with E-state index >= 15 is 0 Å². The van der Waals surface area contributed by atoms with Crippen LogP contribution < -0.4 is 5.32 Å². The number of aromatic nitrogens is 1. The van der Waals surface area contributed by atoms with Gasteiger partial charge in [-0.15, -0.1) is 11.8 Å². The summed E-state index contributed by atoms with van der Waals surface area (Å²) in [7, 11) is 0. The van der Waals surface area contributed by atoms with Crippen molar-refractivity contribution in [3.8, 4) is 0 Å². The monoisotopic (exact) mass is 326 g/mol. The van der Waals surface area contributed by atoms with Gasteiger partial charge in [-0.2, -0.15) is 0 Å². The van der Waals surface area contributed by atoms with Crippen molar-refractivity contribution in [2.75, 3.05) is 11.1 Å². The summed E-state index contributed by atoms with van der Waals surface area (Å²) >= 11 is 13.4. The number of hydrogen-bond acceptors (Lipinski definition) is 3. The molecule has 1 aromatic heterocycles. The highest BCUT2D eigenvalue weighted by molar-refractivity contribution is 7.99. The molecule has 0 bridgehead atoms. The average molecular weight is 327 g/mol. The Labute approximate surface area is 131 Å². The predicted molar refractivity (Wildman–Crippen MR) is 85.1 cm³/mol. The molecule has 2 rings (SSSR count). The Kier molecular flexibility index (Phi) is 5.29. The van der Waals surface area contributed by atoms with Crippen LogP contribution in [0.5, 0.6) is 0 Å². The molecule has 0 unspecified atom stereocenters. The van der Waals surface area contributed by atoms with Crippen molar-refractivity contribution in [2.24, 2.45) is 0 Å². The number of rotatable bonds is 4. The van der Waals surface area contributed by atoms with Crippen molar-refractivity contribution < 1.29 is 4.79 Å². The van der Waals surface area contributed by atoms with E-state index < -0.39 is 0 Å². The van der Waals surface area contributed by atoms with Gasteiger partial charge < -0.3 is 5.32 Å². The number of benzene rings is 1. The Balaban J connectivity index is 2.25. The van der Waals surface area contributed by atoms with Gasteiger partial charge in [-0.1, -0.05) is 30.1 Å². The van der Waals surface area contributed by atoms with Crippen molar-refractivity contribution in [3.63, 3.8) is 0 Å². The highest BCUT2D eigenvalue weighted by Gasteiger charge is 2.10. The Hall–Kier alpha value is -1.23. The van der Waals surface area contributed by atoms with Gasteiger partial charge in [0.25, 0.3) is 5.91 Å². The van der Waals surface area contributed by atoms with E-state index in [1.54, 1.807) is 30.0 Å². The lowest BCUT2D eigenvalue weighted by Gasteiger charge is -2.10. The number of nitrogens with one attached hydrogen (secondary N) is 1. The fourth-order valence-corrected chi connectivity index (χ4v) is 2.71. The highest BCUT2D eigenvalue weighted by atomic mass is 35.5. The second-order valence-corrected chi connectivity index (χ2v) is 6.02. The summed E-state index contributed by atoms with van der Waals surface area (Å²) in [5, 5.41) is 3.71. The van der Waals surface area contributed by atoms with Gasteiger partial charge in [-0.3, -0.25) is 4.79 Å². The number of anilines is 1. The number of nitrogens with zero attached hydrogens (tertiary/aromatic N) is 1. The van der Waals surface area contributed by atoms with Gasteiger partial charge in [0.1, 0.15) is 5.15 Å². The molecule has 0 aliphatic heterocycles. The van der Waals surface area contributed by atoms with E-state index in [1.165, 1.54) is 12.3 Å². The summed E-state index contributed by atoms with van der Waals surface area (Å²) in [4.78, 5) is 17.0. The van der Waals surface area contributed by atoms with Crippen LogP contribution in [-0.2, 0) is 0 Å². The zero-order chi connectivity index (χ0) is 14.5. The van der Waals surface area contributed by atoms with E-state index in [1.807, 2.05) is 13.0 Å². The summed E-state index contributed by atoms with van der Waals surface area (Å²) < 4.78 is 0. The van der Waals surface area contributed by atoms with E-state index in [2.05, 4.69) is 10.3 Å². The minimum absolute atomic E-state index is 0.241. The molecule has 0 radical (unpaired) electrons. The first-order chi connectivity index (χ1) is 9.60. The smallest absolute Gasteiger partial charge is 0.255 e. The molecule has 0 saturated heterocycles. The molecule has 2 aromatic rings. The van der Waals surface area contributed by atoms with E-state index in [0.717, 1.165) is 10.6 Å². The average Bonchev–Trinajstić information content (AvgIpc) is 2.42. The third kappa shape index (κ3) is 3.88. The molecule has 0 spiro atoms. The van der Waals surface area contributed by atoms with Gasteiger partial charge in [-0.25, -0.2) is 4.98 Å². The lowest BCUT2D eigenvalue weighted by atomic mass is 10.2. The van der Waals surface area contributed by atoms with Gasteiger partial charge in [-0.05, 0) is 36.1 Å². The summed E-state index contributed by atoms with van der Waals surface area (Å²) in [6, 6.07) is 8.57. The third-order valence-corrected chi connectivity index (χ3v) is 3.88. The maximum Gasteiger partial charge on any atom is 0.255 e. The van der Waals surface area contributed by atoms with Gasteiger partial charge in [0.15, 0.2) is 0 Å². The van der Waals surface area contributed by atoms with Crippen molar-refractivity contribution in [3.05, 3.63) is 52.3 Å². The fraction of sp³-hybridized carbons (Fsp3) is 0.143. The summed E-state index contributed by atoms with van der Waals surface area (Å²) in [6.07, 6.45) is 1.50. The van der Waals surface area contributed by atoms with Crippen LogP contribution >= 0.6 is 35.0 Å². The maximum absolute atomic E-state index is 12.2. The summed E-state index contributed by atoms with van der Waals surface area (Å²) in [6.45, 7) is 2.05. The first-order valence-corrected chi connectivity index (χ1v) is 7.69. The number of hydrogen-bond donors (Lipinski definition) is 1. The first-order valence-electron chi connectivity index (χ1n) is 5.95. The van der Waals surface area contributed by atoms with Crippen molar-refractivity contribution in [1.82, 2.24) is 4.98 Å². The predicted octanol–water partition coefficient (Wildman–Crippen LogP) is 4.75. The van der Waals surface area contributed by atoms with Crippen LogP contribution in [0.3, 0.4) is 0 Å². The van der Waals surface area contributed by atoms with E-state index in [0.29, 0.717) is 16.3 Å². The molecule has 0 saturated carbocycles. The second kappa shape index (κ2) is 6.97. The topological polar surface area (TPSA) is 42.0 Å². The lowest BCUT2D eigenvalue weighted by Crippen LogP contribution is -2.12. The van der Waals surface area contributed by atoms with Gasteiger partial charge in [0.2, 0.25) is 0 Å². The quantitative estimate of drug-likeness (QED) is 0.651. The Morgan fingerprint density at radius 3 is 2.80 bits per heavy atom. The van der Waals surface area contributed by atoms with Crippen LogP contribution in [0.15, 0.2) is 41.4 Å². The maximum atomic E-state index is 12.2. The van der Waals surface area contributed by atoms with Crippen LogP contribution in [0, 0.1) is 0 Å². The molecule has 1 heterocycles. The van der Waals surface area contributed by atoms with Gasteiger partial charge in [0, 0.05) is 21.7 Å². The first kappa shape index (κ1) is 15.2. The van der Waals surface area contributed by atoms with E-state index in [4.69, 9.17) is 23.2 Å². The molecule has 1 aromatic carbocycles. The van der Waals surface area contributed by atoms with Crippen LogP contribution in [0.1, 0.15) is 17.3 Å². The highest BCUT2D eigenvalue weighted by Crippen LogP contribution is 2.30. The van der Waals surface area contributed by atoms with E-state index in [9.17, 15) is 4.79 Å². The summed E-state index contributed by atoms with van der Waals surface area (Å²) in [5.41, 5.74) is 1.15. The van der Waals surface area contributed by atoms with E-state index in [-0.39, 0.29) is 11.1 Å². The number of carbonyl (C=O) groups is 1. The summed E-state index contributed by atoms with van der Waals surface area (Å²) in [5.74, 6) is 0.667. The molecule has 6 heteroatoms. The Morgan fingerprint density at radius 1 is 1.30 bits per heavy atom. The van der Waals surface area contributed by atoms with Crippen molar-refractivity contribution >= 4 is 46.6 Å². The van der Waals surface area contributed by atoms with Gasteiger partial charge >= 0.3 is 0 Å². The molecule has 104 valence electrons.